The Kier molecular flexibility index (Phi) is 6.86. The van der Waals surface area contributed by atoms with Gasteiger partial charge in [-0.1, -0.05) is 12.8 Å². The van der Waals surface area contributed by atoms with Crippen molar-refractivity contribution >= 4 is 15.7 Å². The van der Waals surface area contributed by atoms with E-state index in [2.05, 4.69) is 0 Å². The molecule has 0 aromatic heterocycles. The number of sulfone groups is 1. The molecule has 2 heterocycles. The molecule has 0 radical (unpaired) electrons. The predicted octanol–water partition coefficient (Wildman–Crippen LogP) is 3.49. The van der Waals surface area contributed by atoms with Gasteiger partial charge in [-0.25, -0.2) is 21.6 Å². The molecule has 3 fully saturated rings. The lowest BCUT2D eigenvalue weighted by Gasteiger charge is -2.41. The van der Waals surface area contributed by atoms with Gasteiger partial charge in [0, 0.05) is 30.6 Å². The van der Waals surface area contributed by atoms with E-state index >= 15 is 0 Å². The molecule has 3 aliphatic rings. The fourth-order valence-corrected chi connectivity index (χ4v) is 7.73. The molecule has 1 aromatic rings. The van der Waals surface area contributed by atoms with E-state index in [4.69, 9.17) is 5.73 Å². The van der Waals surface area contributed by atoms with Gasteiger partial charge >= 0.3 is 0 Å². The fourth-order valence-electron chi connectivity index (χ4n) is 5.89. The van der Waals surface area contributed by atoms with Crippen molar-refractivity contribution in [1.29, 1.82) is 0 Å². The molecule has 1 aromatic carbocycles. The lowest BCUT2D eigenvalue weighted by molar-refractivity contribution is -0.136. The van der Waals surface area contributed by atoms with Gasteiger partial charge in [0.25, 0.3) is 0 Å². The number of carbonyl (C=O) groups is 1. The Hall–Kier alpha value is -1.61. The van der Waals surface area contributed by atoms with Gasteiger partial charge in [-0.05, 0) is 62.5 Å². The topological polar surface area (TPSA) is 80.5 Å². The number of amides is 1. The Morgan fingerprint density at radius 1 is 1.00 bits per heavy atom. The van der Waals surface area contributed by atoms with Crippen LogP contribution in [0.15, 0.2) is 12.1 Å². The first-order valence-electron chi connectivity index (χ1n) is 11.6. The zero-order chi connectivity index (χ0) is 23.0. The number of hydrogen-bond acceptors (Lipinski definition) is 4. The zero-order valence-corrected chi connectivity index (χ0v) is 18.9. The van der Waals surface area contributed by atoms with Crippen molar-refractivity contribution in [2.45, 2.75) is 87.6 Å². The lowest BCUT2D eigenvalue weighted by atomic mass is 9.82. The van der Waals surface area contributed by atoms with Crippen molar-refractivity contribution in [2.75, 3.05) is 5.75 Å². The molecular formula is C23H31F3N2O3S. The number of benzene rings is 1. The number of rotatable bonds is 7. The maximum atomic E-state index is 14.0. The summed E-state index contributed by atoms with van der Waals surface area (Å²) >= 11 is 0. The number of halogens is 3. The first kappa shape index (κ1) is 23.5. The number of piperidine rings is 1. The van der Waals surface area contributed by atoms with Crippen LogP contribution < -0.4 is 5.73 Å². The average Bonchev–Trinajstić information content (AvgIpc) is 3.37. The molecule has 4 atom stereocenters. The number of fused-ring (bicyclic) bond motifs is 2. The van der Waals surface area contributed by atoms with Crippen LogP contribution in [0.25, 0.3) is 0 Å². The SMILES string of the molecule is NC(Cc1cc(F)c(F)cc1F)C1C[C@H]2CC[C@@H](C1)N2C(=O)CCS(=O)(=O)C1CCCC1. The van der Waals surface area contributed by atoms with Crippen LogP contribution in [-0.4, -0.2) is 48.4 Å². The van der Waals surface area contributed by atoms with Crippen LogP contribution in [0.1, 0.15) is 63.4 Å². The highest BCUT2D eigenvalue weighted by atomic mass is 32.2. The predicted molar refractivity (Wildman–Crippen MR) is 115 cm³/mol. The first-order chi connectivity index (χ1) is 15.2. The molecule has 1 saturated carbocycles. The van der Waals surface area contributed by atoms with E-state index in [1.54, 1.807) is 0 Å². The maximum absolute atomic E-state index is 14.0. The second-order valence-electron chi connectivity index (χ2n) is 9.67. The van der Waals surface area contributed by atoms with Crippen molar-refractivity contribution in [3.8, 4) is 0 Å². The Labute approximate surface area is 187 Å². The summed E-state index contributed by atoms with van der Waals surface area (Å²) in [6, 6.07) is 0.977. The van der Waals surface area contributed by atoms with Gasteiger partial charge in [-0.3, -0.25) is 4.79 Å². The summed E-state index contributed by atoms with van der Waals surface area (Å²) in [6.07, 6.45) is 6.38. The molecule has 4 rings (SSSR count). The van der Waals surface area contributed by atoms with Crippen LogP contribution in [0, 0.1) is 23.4 Å². The third-order valence-corrected chi connectivity index (χ3v) is 9.88. The Morgan fingerprint density at radius 2 is 1.59 bits per heavy atom. The molecule has 2 N–H and O–H groups in total. The maximum Gasteiger partial charge on any atom is 0.224 e. The fraction of sp³-hybridized carbons (Fsp3) is 0.696. The van der Waals surface area contributed by atoms with E-state index in [0.717, 1.165) is 31.7 Å². The van der Waals surface area contributed by atoms with Crippen molar-refractivity contribution in [3.63, 3.8) is 0 Å². The van der Waals surface area contributed by atoms with Crippen LogP contribution in [0.2, 0.25) is 0 Å². The molecule has 2 unspecified atom stereocenters. The van der Waals surface area contributed by atoms with Crippen molar-refractivity contribution in [1.82, 2.24) is 4.90 Å². The van der Waals surface area contributed by atoms with Crippen LogP contribution in [0.3, 0.4) is 0 Å². The summed E-state index contributed by atoms with van der Waals surface area (Å²) in [5.41, 5.74) is 6.39. The minimum Gasteiger partial charge on any atom is -0.337 e. The molecule has 2 aliphatic heterocycles. The van der Waals surface area contributed by atoms with Gasteiger partial charge in [-0.2, -0.15) is 0 Å². The number of hydrogen-bond donors (Lipinski definition) is 1. The number of nitrogens with zero attached hydrogens (tertiary/aromatic N) is 1. The first-order valence-corrected chi connectivity index (χ1v) is 13.3. The molecule has 1 aliphatic carbocycles. The normalized spacial score (nSPS) is 27.1. The van der Waals surface area contributed by atoms with E-state index in [-0.39, 0.29) is 53.3 Å². The van der Waals surface area contributed by atoms with Crippen LogP contribution in [-0.2, 0) is 21.1 Å². The summed E-state index contributed by atoms with van der Waals surface area (Å²) in [5.74, 6) is -3.30. The van der Waals surface area contributed by atoms with E-state index in [1.165, 1.54) is 0 Å². The summed E-state index contributed by atoms with van der Waals surface area (Å²) in [6.45, 7) is 0. The summed E-state index contributed by atoms with van der Waals surface area (Å²) in [7, 11) is -3.24. The molecule has 0 spiro atoms. The van der Waals surface area contributed by atoms with Crippen molar-refractivity contribution in [2.24, 2.45) is 11.7 Å². The third-order valence-electron chi connectivity index (χ3n) is 7.62. The van der Waals surface area contributed by atoms with E-state index < -0.39 is 33.3 Å². The second-order valence-corrected chi connectivity index (χ2v) is 12.1. The third kappa shape index (κ3) is 4.83. The van der Waals surface area contributed by atoms with Gasteiger partial charge in [0.15, 0.2) is 21.5 Å². The van der Waals surface area contributed by atoms with Crippen molar-refractivity contribution in [3.05, 3.63) is 35.1 Å². The Balaban J connectivity index is 1.35. The largest absolute Gasteiger partial charge is 0.337 e. The van der Waals surface area contributed by atoms with Gasteiger partial charge < -0.3 is 10.6 Å². The number of nitrogens with two attached hydrogens (primary N) is 1. The van der Waals surface area contributed by atoms with Gasteiger partial charge in [0.2, 0.25) is 5.91 Å². The van der Waals surface area contributed by atoms with E-state index in [9.17, 15) is 26.4 Å². The lowest BCUT2D eigenvalue weighted by Crippen LogP contribution is -2.50. The zero-order valence-electron chi connectivity index (χ0n) is 18.1. The quantitative estimate of drug-likeness (QED) is 0.616. The second kappa shape index (κ2) is 9.33. The van der Waals surface area contributed by atoms with Crippen molar-refractivity contribution < 1.29 is 26.4 Å². The highest BCUT2D eigenvalue weighted by molar-refractivity contribution is 7.92. The van der Waals surface area contributed by atoms with E-state index in [1.807, 2.05) is 4.90 Å². The molecule has 9 heteroatoms. The highest BCUT2D eigenvalue weighted by Crippen LogP contribution is 2.40. The molecule has 2 saturated heterocycles. The standard InChI is InChI=1S/C23H31F3N2O3S/c24-19-13-21(26)20(25)11-14(19)12-22(27)15-9-16-5-6-17(10-15)28(16)23(29)7-8-32(30,31)18-3-1-2-4-18/h11,13,15-18,22H,1-10,12,27H2/t15?,16-,17+,22?. The molecule has 1 amide bonds. The van der Waals surface area contributed by atoms with Gasteiger partial charge in [-0.15, -0.1) is 0 Å². The summed E-state index contributed by atoms with van der Waals surface area (Å²) in [4.78, 5) is 14.8. The molecule has 5 nitrogen and oxygen atoms in total. The monoisotopic (exact) mass is 472 g/mol. The van der Waals surface area contributed by atoms with Gasteiger partial charge in [0.05, 0.1) is 11.0 Å². The smallest absolute Gasteiger partial charge is 0.224 e. The van der Waals surface area contributed by atoms with Crippen LogP contribution >= 0.6 is 0 Å². The van der Waals surface area contributed by atoms with Crippen LogP contribution in [0.4, 0.5) is 13.2 Å². The average molecular weight is 473 g/mol. The molecular weight excluding hydrogens is 441 g/mol. The number of carbonyl (C=O) groups excluding carboxylic acids is 1. The Bertz CT molecular complexity index is 951. The molecule has 2 bridgehead atoms. The summed E-state index contributed by atoms with van der Waals surface area (Å²) in [5, 5.41) is -0.299. The minimum atomic E-state index is -3.24. The Morgan fingerprint density at radius 3 is 2.22 bits per heavy atom. The highest BCUT2D eigenvalue weighted by Gasteiger charge is 2.44. The summed E-state index contributed by atoms with van der Waals surface area (Å²) < 4.78 is 65.8. The molecule has 178 valence electrons. The van der Waals surface area contributed by atoms with Crippen LogP contribution in [0.5, 0.6) is 0 Å². The van der Waals surface area contributed by atoms with E-state index in [0.29, 0.717) is 31.7 Å². The molecule has 32 heavy (non-hydrogen) atoms. The van der Waals surface area contributed by atoms with Gasteiger partial charge in [0.1, 0.15) is 5.82 Å². The minimum absolute atomic E-state index is 0.00119.